The molecule has 0 atom stereocenters. The third kappa shape index (κ3) is 4.15. The maximum atomic E-state index is 12.8. The van der Waals surface area contributed by atoms with Crippen molar-refractivity contribution in [2.75, 3.05) is 24.6 Å². The molecule has 24 heavy (non-hydrogen) atoms. The van der Waals surface area contributed by atoms with Crippen LogP contribution in [0.25, 0.3) is 0 Å². The monoisotopic (exact) mass is 367 g/mol. The van der Waals surface area contributed by atoms with Crippen molar-refractivity contribution in [1.82, 2.24) is 0 Å². The van der Waals surface area contributed by atoms with Gasteiger partial charge in [-0.15, -0.1) is 11.3 Å². The van der Waals surface area contributed by atoms with Crippen molar-refractivity contribution < 1.29 is 22.7 Å². The molecule has 0 saturated carbocycles. The van der Waals surface area contributed by atoms with Crippen LogP contribution >= 0.6 is 11.3 Å². The molecule has 0 spiro atoms. The smallest absolute Gasteiger partial charge is 0.326 e. The van der Waals surface area contributed by atoms with Gasteiger partial charge in [-0.3, -0.25) is 9.10 Å². The molecule has 6 nitrogen and oxygen atoms in total. The van der Waals surface area contributed by atoms with Crippen LogP contribution in [0.15, 0.2) is 58.6 Å². The van der Waals surface area contributed by atoms with Crippen LogP contribution in [0.4, 0.5) is 5.69 Å². The van der Waals surface area contributed by atoms with Crippen molar-refractivity contribution in [3.05, 3.63) is 54.4 Å². The van der Waals surface area contributed by atoms with Crippen molar-refractivity contribution in [2.45, 2.75) is 4.21 Å². The van der Waals surface area contributed by atoms with Crippen LogP contribution in [0.3, 0.4) is 0 Å². The minimum absolute atomic E-state index is 0.151. The summed E-state index contributed by atoms with van der Waals surface area (Å²) < 4.78 is 36.7. The SMILES string of the molecule is C=CCOc1ccc(N(CC(=O)OC)S(=O)(=O)c2cccs2)cc1. The molecule has 1 aromatic carbocycles. The number of hydrogen-bond donors (Lipinski definition) is 0. The van der Waals surface area contributed by atoms with Crippen LogP contribution in [0.5, 0.6) is 5.75 Å². The van der Waals surface area contributed by atoms with Crippen LogP contribution < -0.4 is 9.04 Å². The molecule has 0 unspecified atom stereocenters. The maximum absolute atomic E-state index is 12.8. The summed E-state index contributed by atoms with van der Waals surface area (Å²) in [5.74, 6) is -0.0766. The van der Waals surface area contributed by atoms with Crippen molar-refractivity contribution >= 4 is 33.0 Å². The predicted octanol–water partition coefficient (Wildman–Crippen LogP) is 2.68. The van der Waals surface area contributed by atoms with E-state index >= 15 is 0 Å². The van der Waals surface area contributed by atoms with E-state index in [1.807, 2.05) is 0 Å². The second kappa shape index (κ2) is 7.98. The third-order valence-electron chi connectivity index (χ3n) is 3.03. The van der Waals surface area contributed by atoms with E-state index in [4.69, 9.17) is 4.74 Å². The fourth-order valence-electron chi connectivity index (χ4n) is 1.88. The Morgan fingerprint density at radius 3 is 2.54 bits per heavy atom. The molecular formula is C16H17NO5S2. The molecule has 0 aliphatic rings. The molecule has 0 amide bonds. The molecule has 2 rings (SSSR count). The summed E-state index contributed by atoms with van der Waals surface area (Å²) in [4.78, 5) is 11.7. The Kier molecular flexibility index (Phi) is 5.99. The van der Waals surface area contributed by atoms with E-state index in [1.54, 1.807) is 41.8 Å². The van der Waals surface area contributed by atoms with E-state index < -0.39 is 22.5 Å². The van der Waals surface area contributed by atoms with Gasteiger partial charge in [-0.05, 0) is 35.7 Å². The Morgan fingerprint density at radius 2 is 2.00 bits per heavy atom. The second-order valence-corrected chi connectivity index (χ2v) is 7.65. The first-order chi connectivity index (χ1) is 11.5. The summed E-state index contributed by atoms with van der Waals surface area (Å²) in [5, 5.41) is 1.66. The van der Waals surface area contributed by atoms with Gasteiger partial charge in [0.25, 0.3) is 10.0 Å². The molecule has 2 aromatic rings. The number of anilines is 1. The lowest BCUT2D eigenvalue weighted by molar-refractivity contribution is -0.138. The molecule has 0 saturated heterocycles. The molecule has 128 valence electrons. The fraction of sp³-hybridized carbons (Fsp3) is 0.188. The topological polar surface area (TPSA) is 72.9 Å². The lowest BCUT2D eigenvalue weighted by atomic mass is 10.3. The van der Waals surface area contributed by atoms with Gasteiger partial charge in [0.1, 0.15) is 23.1 Å². The molecular weight excluding hydrogens is 350 g/mol. The van der Waals surface area contributed by atoms with Gasteiger partial charge in [-0.25, -0.2) is 8.42 Å². The van der Waals surface area contributed by atoms with Gasteiger partial charge in [0, 0.05) is 0 Å². The summed E-state index contributed by atoms with van der Waals surface area (Å²) in [6.07, 6.45) is 1.61. The number of sulfonamides is 1. The molecule has 0 radical (unpaired) electrons. The first-order valence-electron chi connectivity index (χ1n) is 6.96. The summed E-state index contributed by atoms with van der Waals surface area (Å²) in [6.45, 7) is 3.49. The van der Waals surface area contributed by atoms with Crippen molar-refractivity contribution in [1.29, 1.82) is 0 Å². The van der Waals surface area contributed by atoms with Gasteiger partial charge >= 0.3 is 5.97 Å². The highest BCUT2D eigenvalue weighted by Crippen LogP contribution is 2.28. The normalized spacial score (nSPS) is 10.9. The number of methoxy groups -OCH3 is 1. The van der Waals surface area contributed by atoms with Crippen molar-refractivity contribution in [2.24, 2.45) is 0 Å². The van der Waals surface area contributed by atoms with E-state index in [0.29, 0.717) is 18.0 Å². The summed E-state index contributed by atoms with van der Waals surface area (Å²) >= 11 is 1.08. The molecule has 0 N–H and O–H groups in total. The number of esters is 1. The van der Waals surface area contributed by atoms with Crippen LogP contribution in [0.1, 0.15) is 0 Å². The Hall–Kier alpha value is -2.32. The number of carbonyl (C=O) groups is 1. The van der Waals surface area contributed by atoms with Crippen LogP contribution in [0.2, 0.25) is 0 Å². The molecule has 8 heteroatoms. The van der Waals surface area contributed by atoms with E-state index in [0.717, 1.165) is 15.6 Å². The van der Waals surface area contributed by atoms with Crippen molar-refractivity contribution in [3.63, 3.8) is 0 Å². The summed E-state index contributed by atoms with van der Waals surface area (Å²) in [6, 6.07) is 9.55. The Balaban J connectivity index is 2.36. The third-order valence-corrected chi connectivity index (χ3v) is 6.18. The standard InChI is InChI=1S/C16H17NO5S2/c1-3-10-22-14-8-6-13(7-9-14)17(12-15(18)21-2)24(19,20)16-5-4-11-23-16/h3-9,11H,1,10,12H2,2H3. The molecule has 0 fully saturated rings. The molecule has 0 aliphatic carbocycles. The number of carbonyl (C=O) groups excluding carboxylic acids is 1. The maximum Gasteiger partial charge on any atom is 0.326 e. The number of benzene rings is 1. The minimum atomic E-state index is -3.85. The highest BCUT2D eigenvalue weighted by Gasteiger charge is 2.28. The zero-order chi connectivity index (χ0) is 17.6. The van der Waals surface area contributed by atoms with Gasteiger partial charge in [-0.1, -0.05) is 18.7 Å². The Bertz CT molecular complexity index is 782. The second-order valence-electron chi connectivity index (χ2n) is 4.61. The van der Waals surface area contributed by atoms with E-state index in [9.17, 15) is 13.2 Å². The zero-order valence-electron chi connectivity index (χ0n) is 13.0. The van der Waals surface area contributed by atoms with Gasteiger partial charge < -0.3 is 9.47 Å². The highest BCUT2D eigenvalue weighted by molar-refractivity contribution is 7.94. The number of nitrogens with zero attached hydrogens (tertiary/aromatic N) is 1. The van der Waals surface area contributed by atoms with Gasteiger partial charge in [0.05, 0.1) is 12.8 Å². The number of hydrogen-bond acceptors (Lipinski definition) is 6. The summed E-state index contributed by atoms with van der Waals surface area (Å²) in [5.41, 5.74) is 0.347. The van der Waals surface area contributed by atoms with Gasteiger partial charge in [0.15, 0.2) is 0 Å². The Morgan fingerprint density at radius 1 is 1.29 bits per heavy atom. The van der Waals surface area contributed by atoms with E-state index in [1.165, 1.54) is 13.2 Å². The fourth-order valence-corrected chi connectivity index (χ4v) is 4.39. The van der Waals surface area contributed by atoms with Crippen LogP contribution in [-0.2, 0) is 19.6 Å². The first kappa shape index (κ1) is 18.0. The molecule has 0 bridgehead atoms. The number of ether oxygens (including phenoxy) is 2. The Labute approximate surface area is 145 Å². The first-order valence-corrected chi connectivity index (χ1v) is 9.28. The quantitative estimate of drug-likeness (QED) is 0.530. The lowest BCUT2D eigenvalue weighted by Gasteiger charge is -2.22. The van der Waals surface area contributed by atoms with Gasteiger partial charge in [-0.2, -0.15) is 0 Å². The van der Waals surface area contributed by atoms with Crippen LogP contribution in [0, 0.1) is 0 Å². The average Bonchev–Trinajstić information content (AvgIpc) is 3.13. The summed E-state index contributed by atoms with van der Waals surface area (Å²) in [7, 11) is -2.64. The predicted molar refractivity (Wildman–Crippen MR) is 93.0 cm³/mol. The zero-order valence-corrected chi connectivity index (χ0v) is 14.7. The lowest BCUT2D eigenvalue weighted by Crippen LogP contribution is -2.35. The van der Waals surface area contributed by atoms with Crippen LogP contribution in [-0.4, -0.2) is 34.6 Å². The number of rotatable bonds is 8. The van der Waals surface area contributed by atoms with Crippen molar-refractivity contribution in [3.8, 4) is 5.75 Å². The van der Waals surface area contributed by atoms with Gasteiger partial charge in [0.2, 0.25) is 0 Å². The average molecular weight is 367 g/mol. The molecule has 1 aromatic heterocycles. The largest absolute Gasteiger partial charge is 0.490 e. The molecule has 1 heterocycles. The minimum Gasteiger partial charge on any atom is -0.490 e. The van der Waals surface area contributed by atoms with E-state index in [2.05, 4.69) is 11.3 Å². The molecule has 0 aliphatic heterocycles. The highest BCUT2D eigenvalue weighted by atomic mass is 32.2. The van der Waals surface area contributed by atoms with E-state index in [-0.39, 0.29) is 4.21 Å². The number of thiophene rings is 1.